The zero-order chi connectivity index (χ0) is 19.2. The number of nitrogens with zero attached hydrogens (tertiary/aromatic N) is 1. The van der Waals surface area contributed by atoms with Crippen LogP contribution in [0, 0.1) is 0 Å². The third-order valence-corrected chi connectivity index (χ3v) is 16.1. The van der Waals surface area contributed by atoms with Crippen molar-refractivity contribution in [1.29, 1.82) is 0 Å². The second-order valence-electron chi connectivity index (χ2n) is 10.4. The smallest absolute Gasteiger partial charge is 0.00527 e. The Morgan fingerprint density at radius 2 is 0.607 bits per heavy atom. The maximum absolute atomic E-state index is 3.22. The summed E-state index contributed by atoms with van der Waals surface area (Å²) in [6.07, 6.45) is 31.0. The molecule has 4 rings (SSSR count). The topological polar surface area (TPSA) is 3.24 Å². The van der Waals surface area contributed by atoms with E-state index in [2.05, 4.69) is 11.5 Å². The predicted octanol–water partition coefficient (Wildman–Crippen LogP) is 9.04. The predicted molar refractivity (Wildman–Crippen MR) is 129 cm³/mol. The Kier molecular flexibility index (Phi) is 9.00. The minimum Gasteiger partial charge on any atom is -0.262 e. The van der Waals surface area contributed by atoms with Gasteiger partial charge in [0.2, 0.25) is 0 Å². The van der Waals surface area contributed by atoms with Crippen molar-refractivity contribution in [2.24, 2.45) is 0 Å². The van der Waals surface area contributed by atoms with Crippen LogP contribution in [0.5, 0.6) is 0 Å². The van der Waals surface area contributed by atoms with Crippen molar-refractivity contribution in [2.45, 2.75) is 151 Å². The quantitative estimate of drug-likeness (QED) is 0.385. The Balaban J connectivity index is 1.56. The maximum atomic E-state index is 3.22. The zero-order valence-corrected chi connectivity index (χ0v) is 20.6. The first kappa shape index (κ1) is 22.0. The molecule has 0 N–H and O–H groups in total. The van der Waals surface area contributed by atoms with E-state index in [0.29, 0.717) is 0 Å². The van der Waals surface area contributed by atoms with Crippen LogP contribution in [0.15, 0.2) is 0 Å². The fraction of sp³-hybridized carbons (Fsp3) is 1.00. The molecule has 0 bridgehead atoms. The summed E-state index contributed by atoms with van der Waals surface area (Å²) in [6, 6.07) is 0. The minimum absolute atomic E-state index is 0.115. The van der Waals surface area contributed by atoms with Crippen LogP contribution in [0.4, 0.5) is 0 Å². The molecule has 0 aliphatic heterocycles. The molecule has 0 unspecified atom stereocenters. The molecule has 0 aromatic carbocycles. The van der Waals surface area contributed by atoms with E-state index in [1.165, 1.54) is 77.0 Å². The van der Waals surface area contributed by atoms with Crippen molar-refractivity contribution >= 4 is 16.1 Å². The highest BCUT2D eigenvalue weighted by atomic mass is 31.2. The van der Waals surface area contributed by atoms with Crippen LogP contribution in [0.25, 0.3) is 0 Å². The molecule has 0 atom stereocenters. The number of hydrogen-bond acceptors (Lipinski definition) is 1. The molecule has 4 aliphatic rings. The third-order valence-electron chi connectivity index (χ3n) is 8.46. The first-order chi connectivity index (χ1) is 13.8. The summed E-state index contributed by atoms with van der Waals surface area (Å²) in [6.45, 7) is 0. The largest absolute Gasteiger partial charge is 0.262 e. The van der Waals surface area contributed by atoms with Crippen LogP contribution in [0.2, 0.25) is 0 Å². The highest BCUT2D eigenvalue weighted by molar-refractivity contribution is 7.71. The summed E-state index contributed by atoms with van der Waals surface area (Å²) < 4.78 is 3.22. The van der Waals surface area contributed by atoms with E-state index in [1.54, 1.807) is 51.4 Å². The van der Waals surface area contributed by atoms with E-state index in [1.807, 2.05) is 0 Å². The van der Waals surface area contributed by atoms with Crippen molar-refractivity contribution in [3.63, 3.8) is 0 Å². The van der Waals surface area contributed by atoms with Crippen molar-refractivity contribution in [3.05, 3.63) is 0 Å². The summed E-state index contributed by atoms with van der Waals surface area (Å²) in [7, 11) is 2.91. The van der Waals surface area contributed by atoms with Crippen molar-refractivity contribution in [1.82, 2.24) is 4.44 Å². The molecule has 0 saturated heterocycles. The molecular formula is C25H47NP2. The van der Waals surface area contributed by atoms with Gasteiger partial charge in [0.25, 0.3) is 0 Å². The van der Waals surface area contributed by atoms with Crippen LogP contribution in [0.3, 0.4) is 0 Å². The van der Waals surface area contributed by atoms with Gasteiger partial charge in [0.15, 0.2) is 0 Å². The lowest BCUT2D eigenvalue weighted by Crippen LogP contribution is -2.33. The molecule has 1 nitrogen and oxygen atoms in total. The summed E-state index contributed by atoms with van der Waals surface area (Å²) in [5.41, 5.74) is 4.37. The molecular weight excluding hydrogens is 376 g/mol. The molecule has 3 heteroatoms. The van der Waals surface area contributed by atoms with E-state index in [0.717, 1.165) is 22.6 Å². The summed E-state index contributed by atoms with van der Waals surface area (Å²) in [5, 5.41) is 0. The van der Waals surface area contributed by atoms with Gasteiger partial charge in [-0.05, 0) is 97.2 Å². The Morgan fingerprint density at radius 3 is 0.821 bits per heavy atom. The van der Waals surface area contributed by atoms with Gasteiger partial charge < -0.3 is 0 Å². The van der Waals surface area contributed by atoms with Gasteiger partial charge in [-0.15, -0.1) is 0 Å². The maximum Gasteiger partial charge on any atom is -0.00527 e. The second kappa shape index (κ2) is 11.4. The van der Waals surface area contributed by atoms with Gasteiger partial charge in [0, 0.05) is 0 Å². The number of hydrogen-bond donors (Lipinski definition) is 0. The van der Waals surface area contributed by atoms with E-state index >= 15 is 0 Å². The minimum atomic E-state index is 0.115. The molecule has 0 spiro atoms. The van der Waals surface area contributed by atoms with Crippen molar-refractivity contribution in [3.8, 4) is 0 Å². The fourth-order valence-electron chi connectivity index (χ4n) is 7.04. The van der Waals surface area contributed by atoms with Crippen LogP contribution in [-0.2, 0) is 0 Å². The standard InChI is InChI=1S/C25H47NP2/c1-26(27(22-14-6-2-7-15-22)23-16-8-3-9-17-23)28(24-18-10-4-11-19-24)25-20-12-5-13-21-25/h22-25H,2-21H2,1H3. The van der Waals surface area contributed by atoms with E-state index < -0.39 is 0 Å². The van der Waals surface area contributed by atoms with Gasteiger partial charge in [0.05, 0.1) is 0 Å². The van der Waals surface area contributed by atoms with Crippen LogP contribution < -0.4 is 0 Å². The molecule has 0 amide bonds. The van der Waals surface area contributed by atoms with E-state index in [-0.39, 0.29) is 16.1 Å². The highest BCUT2D eigenvalue weighted by Crippen LogP contribution is 2.70. The van der Waals surface area contributed by atoms with Crippen LogP contribution in [-0.4, -0.2) is 34.1 Å². The molecule has 162 valence electrons. The molecule has 4 fully saturated rings. The molecule has 4 aliphatic carbocycles. The lowest BCUT2D eigenvalue weighted by molar-refractivity contribution is 0.461. The highest BCUT2D eigenvalue weighted by Gasteiger charge is 2.41. The molecule has 0 radical (unpaired) electrons. The van der Waals surface area contributed by atoms with Crippen molar-refractivity contribution < 1.29 is 0 Å². The first-order valence-electron chi connectivity index (χ1n) is 13.1. The second-order valence-corrected chi connectivity index (χ2v) is 16.4. The average molecular weight is 424 g/mol. The Bertz CT molecular complexity index is 356. The van der Waals surface area contributed by atoms with Crippen molar-refractivity contribution in [2.75, 3.05) is 7.05 Å². The fourth-order valence-corrected chi connectivity index (χ4v) is 16.4. The molecule has 4 saturated carbocycles. The number of rotatable bonds is 6. The molecule has 0 aromatic heterocycles. The SMILES string of the molecule is CN(P(C1CCCCC1)C1CCCCC1)P(C1CCCCC1)C1CCCCC1. The zero-order valence-electron chi connectivity index (χ0n) is 18.8. The first-order valence-corrected chi connectivity index (χ1v) is 16.0. The summed E-state index contributed by atoms with van der Waals surface area (Å²) in [4.78, 5) is 0. The van der Waals surface area contributed by atoms with Crippen LogP contribution in [0.1, 0.15) is 128 Å². The summed E-state index contributed by atoms with van der Waals surface area (Å²) in [5.74, 6) is 0. The Morgan fingerprint density at radius 1 is 0.393 bits per heavy atom. The molecule has 0 aromatic rings. The van der Waals surface area contributed by atoms with Gasteiger partial charge in [0.1, 0.15) is 0 Å². The van der Waals surface area contributed by atoms with E-state index in [4.69, 9.17) is 0 Å². The van der Waals surface area contributed by atoms with Gasteiger partial charge in [-0.3, -0.25) is 4.44 Å². The van der Waals surface area contributed by atoms with E-state index in [9.17, 15) is 0 Å². The lowest BCUT2D eigenvalue weighted by atomic mass is 9.99. The van der Waals surface area contributed by atoms with Gasteiger partial charge in [-0.2, -0.15) is 0 Å². The van der Waals surface area contributed by atoms with Gasteiger partial charge in [-0.25, -0.2) is 0 Å². The lowest BCUT2D eigenvalue weighted by Gasteiger charge is -2.51. The summed E-state index contributed by atoms with van der Waals surface area (Å²) >= 11 is 0. The Labute approximate surface area is 178 Å². The normalized spacial score (nSPS) is 27.9. The Hall–Kier alpha value is 0.820. The average Bonchev–Trinajstić information content (AvgIpc) is 2.77. The van der Waals surface area contributed by atoms with Crippen LogP contribution >= 0.6 is 16.1 Å². The van der Waals surface area contributed by atoms with Gasteiger partial charge >= 0.3 is 0 Å². The molecule has 0 heterocycles. The third kappa shape index (κ3) is 5.54. The monoisotopic (exact) mass is 423 g/mol. The van der Waals surface area contributed by atoms with Gasteiger partial charge in [-0.1, -0.05) is 77.0 Å². The molecule has 28 heavy (non-hydrogen) atoms.